The number of aliphatic hydroxyl groups excluding tert-OH is 1. The van der Waals surface area contributed by atoms with Crippen LogP contribution in [-0.4, -0.2) is 43.1 Å². The van der Waals surface area contributed by atoms with E-state index >= 15 is 0 Å². The van der Waals surface area contributed by atoms with E-state index in [9.17, 15) is 23.1 Å². The summed E-state index contributed by atoms with van der Waals surface area (Å²) >= 11 is 0. The summed E-state index contributed by atoms with van der Waals surface area (Å²) in [5.74, 6) is -1.27. The van der Waals surface area contributed by atoms with Gasteiger partial charge in [0.1, 0.15) is 11.2 Å². The zero-order valence-corrected chi connectivity index (χ0v) is 18.5. The minimum absolute atomic E-state index is 0.180. The molecule has 1 amide bonds. The summed E-state index contributed by atoms with van der Waals surface area (Å²) in [5.41, 5.74) is 2.93. The van der Waals surface area contributed by atoms with Gasteiger partial charge in [-0.3, -0.25) is 4.79 Å². The molecule has 8 nitrogen and oxygen atoms in total. The van der Waals surface area contributed by atoms with E-state index in [4.69, 9.17) is 8.83 Å². The SMILES string of the molecule is Cc1c(CC(=O)N[C@@H]2CS(=O)(=O)C[C@@H]2O)c(=O)oc2cc3occ(-c4ccccc4)c3cc12. The van der Waals surface area contributed by atoms with Crippen LogP contribution < -0.4 is 10.9 Å². The zero-order valence-electron chi connectivity index (χ0n) is 17.7. The molecule has 0 radical (unpaired) electrons. The Kier molecular flexibility index (Phi) is 5.10. The van der Waals surface area contributed by atoms with E-state index in [0.29, 0.717) is 22.1 Å². The van der Waals surface area contributed by atoms with Crippen LogP contribution in [0.3, 0.4) is 0 Å². The summed E-state index contributed by atoms with van der Waals surface area (Å²) in [6.45, 7) is 1.74. The summed E-state index contributed by atoms with van der Waals surface area (Å²) in [6, 6.07) is 12.4. The highest BCUT2D eigenvalue weighted by atomic mass is 32.2. The molecule has 0 aliphatic carbocycles. The molecule has 2 aromatic heterocycles. The standard InChI is InChI=1S/C24H21NO7S/c1-13-15-7-17-18(14-5-3-2-4-6-14)10-31-21(17)9-22(15)32-24(28)16(13)8-23(27)25-19-11-33(29,30)12-20(19)26/h2-7,9-10,19-20,26H,8,11-12H2,1H3,(H,25,27)/t19-,20+/m1/s1. The lowest BCUT2D eigenvalue weighted by atomic mass is 9.99. The summed E-state index contributed by atoms with van der Waals surface area (Å²) in [4.78, 5) is 25.2. The Morgan fingerprint density at radius 3 is 2.58 bits per heavy atom. The number of carbonyl (C=O) groups is 1. The van der Waals surface area contributed by atoms with Gasteiger partial charge in [0.25, 0.3) is 0 Å². The number of carbonyl (C=O) groups excluding carboxylic acids is 1. The molecule has 2 aromatic carbocycles. The minimum atomic E-state index is -3.40. The van der Waals surface area contributed by atoms with E-state index in [0.717, 1.165) is 16.5 Å². The van der Waals surface area contributed by atoms with Crippen LogP contribution in [0, 0.1) is 6.92 Å². The van der Waals surface area contributed by atoms with Crippen molar-refractivity contribution in [3.63, 3.8) is 0 Å². The molecule has 9 heteroatoms. The first-order valence-corrected chi connectivity index (χ1v) is 12.2. The molecule has 2 N–H and O–H groups in total. The molecular formula is C24H21NO7S. The first kappa shape index (κ1) is 21.4. The predicted molar refractivity (Wildman–Crippen MR) is 123 cm³/mol. The van der Waals surface area contributed by atoms with Crippen LogP contribution in [0.25, 0.3) is 33.1 Å². The number of aryl methyl sites for hydroxylation is 1. The van der Waals surface area contributed by atoms with Crippen molar-refractivity contribution in [1.29, 1.82) is 0 Å². The van der Waals surface area contributed by atoms with Crippen molar-refractivity contribution in [3.05, 3.63) is 70.3 Å². The van der Waals surface area contributed by atoms with Gasteiger partial charge in [-0.25, -0.2) is 13.2 Å². The molecule has 0 saturated carbocycles. The average molecular weight is 467 g/mol. The largest absolute Gasteiger partial charge is 0.464 e. The van der Waals surface area contributed by atoms with Crippen molar-refractivity contribution >= 4 is 37.7 Å². The van der Waals surface area contributed by atoms with Crippen LogP contribution in [0.4, 0.5) is 0 Å². The fourth-order valence-corrected chi connectivity index (χ4v) is 6.08. The molecule has 0 spiro atoms. The maximum Gasteiger partial charge on any atom is 0.340 e. The molecular weight excluding hydrogens is 446 g/mol. The van der Waals surface area contributed by atoms with E-state index in [1.807, 2.05) is 36.4 Å². The molecule has 2 atom stereocenters. The normalized spacial score (nSPS) is 19.8. The van der Waals surface area contributed by atoms with Crippen molar-refractivity contribution in [2.24, 2.45) is 0 Å². The maximum absolute atomic E-state index is 12.6. The summed E-state index contributed by atoms with van der Waals surface area (Å²) in [5, 5.41) is 14.0. The number of aliphatic hydroxyl groups is 1. The lowest BCUT2D eigenvalue weighted by Gasteiger charge is -2.15. The van der Waals surface area contributed by atoms with E-state index < -0.39 is 33.5 Å². The molecule has 0 bridgehead atoms. The molecule has 1 aliphatic heterocycles. The minimum Gasteiger partial charge on any atom is -0.464 e. The number of furan rings is 1. The number of benzene rings is 2. The van der Waals surface area contributed by atoms with Crippen molar-refractivity contribution in [3.8, 4) is 11.1 Å². The fourth-order valence-electron chi connectivity index (χ4n) is 4.34. The smallest absolute Gasteiger partial charge is 0.340 e. The average Bonchev–Trinajstić information content (AvgIpc) is 3.29. The predicted octanol–water partition coefficient (Wildman–Crippen LogP) is 2.33. The van der Waals surface area contributed by atoms with Gasteiger partial charge >= 0.3 is 5.63 Å². The van der Waals surface area contributed by atoms with Crippen molar-refractivity contribution < 1.29 is 27.2 Å². The van der Waals surface area contributed by atoms with Crippen LogP contribution in [0.5, 0.6) is 0 Å². The number of amides is 1. The number of fused-ring (bicyclic) bond motifs is 2. The third kappa shape index (κ3) is 3.94. The van der Waals surface area contributed by atoms with Crippen LogP contribution in [0.15, 0.2) is 62.4 Å². The zero-order chi connectivity index (χ0) is 23.3. The first-order chi connectivity index (χ1) is 15.7. The van der Waals surface area contributed by atoms with Gasteiger partial charge in [-0.2, -0.15) is 0 Å². The topological polar surface area (TPSA) is 127 Å². The third-order valence-corrected chi connectivity index (χ3v) is 7.79. The lowest BCUT2D eigenvalue weighted by Crippen LogP contribution is -2.43. The van der Waals surface area contributed by atoms with Gasteiger partial charge in [-0.1, -0.05) is 30.3 Å². The Labute approximate surface area is 188 Å². The van der Waals surface area contributed by atoms with Gasteiger partial charge in [-0.15, -0.1) is 0 Å². The number of sulfone groups is 1. The van der Waals surface area contributed by atoms with E-state index in [1.165, 1.54) is 0 Å². The highest BCUT2D eigenvalue weighted by molar-refractivity contribution is 7.91. The second kappa shape index (κ2) is 7.86. The fraction of sp³-hybridized carbons (Fsp3) is 0.250. The second-order valence-corrected chi connectivity index (χ2v) is 10.5. The van der Waals surface area contributed by atoms with Gasteiger partial charge in [0, 0.05) is 22.4 Å². The molecule has 5 rings (SSSR count). The molecule has 4 aromatic rings. The highest BCUT2D eigenvalue weighted by Crippen LogP contribution is 2.34. The molecule has 1 aliphatic rings. The summed E-state index contributed by atoms with van der Waals surface area (Å²) in [7, 11) is -3.40. The number of hydrogen-bond acceptors (Lipinski definition) is 7. The number of rotatable bonds is 4. The summed E-state index contributed by atoms with van der Waals surface area (Å²) < 4.78 is 34.5. The van der Waals surface area contributed by atoms with Crippen molar-refractivity contribution in [2.45, 2.75) is 25.5 Å². The van der Waals surface area contributed by atoms with Gasteiger partial charge in [0.15, 0.2) is 9.84 Å². The van der Waals surface area contributed by atoms with Gasteiger partial charge in [-0.05, 0) is 24.1 Å². The molecule has 33 heavy (non-hydrogen) atoms. The Balaban J connectivity index is 1.51. The Bertz CT molecular complexity index is 1550. The molecule has 1 saturated heterocycles. The maximum atomic E-state index is 12.6. The Morgan fingerprint density at radius 2 is 1.88 bits per heavy atom. The van der Waals surface area contributed by atoms with Crippen LogP contribution in [-0.2, 0) is 21.1 Å². The van der Waals surface area contributed by atoms with Gasteiger partial charge < -0.3 is 19.3 Å². The van der Waals surface area contributed by atoms with Crippen LogP contribution >= 0.6 is 0 Å². The monoisotopic (exact) mass is 467 g/mol. The highest BCUT2D eigenvalue weighted by Gasteiger charge is 2.37. The Hall–Kier alpha value is -3.43. The van der Waals surface area contributed by atoms with Crippen molar-refractivity contribution in [1.82, 2.24) is 5.32 Å². The number of hydrogen-bond donors (Lipinski definition) is 2. The third-order valence-electron chi connectivity index (χ3n) is 6.07. The summed E-state index contributed by atoms with van der Waals surface area (Å²) in [6.07, 6.45) is 0.197. The van der Waals surface area contributed by atoms with Crippen LogP contribution in [0.1, 0.15) is 11.1 Å². The van der Waals surface area contributed by atoms with E-state index in [-0.39, 0.29) is 23.5 Å². The van der Waals surface area contributed by atoms with E-state index in [2.05, 4.69) is 5.32 Å². The molecule has 3 heterocycles. The number of nitrogens with one attached hydrogen (secondary N) is 1. The lowest BCUT2D eigenvalue weighted by molar-refractivity contribution is -0.121. The molecule has 0 unspecified atom stereocenters. The second-order valence-electron chi connectivity index (χ2n) is 8.35. The van der Waals surface area contributed by atoms with Gasteiger partial charge in [0.05, 0.1) is 41.9 Å². The van der Waals surface area contributed by atoms with Crippen molar-refractivity contribution in [2.75, 3.05) is 11.5 Å². The molecule has 170 valence electrons. The quantitative estimate of drug-likeness (QED) is 0.441. The molecule has 1 fully saturated rings. The first-order valence-electron chi connectivity index (χ1n) is 10.4. The van der Waals surface area contributed by atoms with E-state index in [1.54, 1.807) is 19.3 Å². The van der Waals surface area contributed by atoms with Gasteiger partial charge in [0.2, 0.25) is 5.91 Å². The Morgan fingerprint density at radius 1 is 1.12 bits per heavy atom. The van der Waals surface area contributed by atoms with Crippen LogP contribution in [0.2, 0.25) is 0 Å².